The van der Waals surface area contributed by atoms with E-state index < -0.39 is 11.9 Å². The van der Waals surface area contributed by atoms with Gasteiger partial charge in [0.05, 0.1) is 19.2 Å². The van der Waals surface area contributed by atoms with Crippen molar-refractivity contribution >= 4 is 29.3 Å². The highest BCUT2D eigenvalue weighted by atomic mass is 16.7. The molecule has 12 heteroatoms. The molecule has 3 aliphatic heterocycles. The van der Waals surface area contributed by atoms with Gasteiger partial charge in [0, 0.05) is 51.0 Å². The lowest BCUT2D eigenvalue weighted by atomic mass is 10.1. The summed E-state index contributed by atoms with van der Waals surface area (Å²) in [5.41, 5.74) is 0.514. The van der Waals surface area contributed by atoms with Gasteiger partial charge in [-0.2, -0.15) is 0 Å². The molecule has 1 aromatic carbocycles. The number of piperazine rings is 2. The van der Waals surface area contributed by atoms with Crippen molar-refractivity contribution in [3.8, 4) is 11.5 Å². The highest BCUT2D eigenvalue weighted by Gasteiger charge is 2.36. The smallest absolute Gasteiger partial charge is 0.289 e. The van der Waals surface area contributed by atoms with Gasteiger partial charge in [-0.05, 0) is 24.3 Å². The number of fused-ring (bicyclic) bond motifs is 1. The average Bonchev–Trinajstić information content (AvgIpc) is 3.57. The first-order chi connectivity index (χ1) is 17.5. The van der Waals surface area contributed by atoms with Crippen molar-refractivity contribution in [2.24, 2.45) is 0 Å². The summed E-state index contributed by atoms with van der Waals surface area (Å²) in [6.45, 7) is 2.86. The Balaban J connectivity index is 1.15. The van der Waals surface area contributed by atoms with Crippen LogP contribution in [0.3, 0.4) is 0 Å². The Hall–Kier alpha value is -4.06. The number of benzene rings is 1. The van der Waals surface area contributed by atoms with E-state index in [0.717, 1.165) is 0 Å². The van der Waals surface area contributed by atoms with Gasteiger partial charge in [-0.3, -0.25) is 24.1 Å². The molecule has 1 aromatic heterocycles. The zero-order valence-corrected chi connectivity index (χ0v) is 19.6. The van der Waals surface area contributed by atoms with E-state index in [9.17, 15) is 19.2 Å². The highest BCUT2D eigenvalue weighted by molar-refractivity contribution is 5.98. The summed E-state index contributed by atoms with van der Waals surface area (Å²) in [7, 11) is 0. The van der Waals surface area contributed by atoms with Crippen molar-refractivity contribution in [3.05, 3.63) is 42.4 Å². The number of furan rings is 1. The van der Waals surface area contributed by atoms with E-state index in [4.69, 9.17) is 13.9 Å². The number of carbonyl (C=O) groups excluding carboxylic acids is 4. The van der Waals surface area contributed by atoms with Crippen LogP contribution in [0.5, 0.6) is 11.5 Å². The van der Waals surface area contributed by atoms with E-state index in [1.165, 1.54) is 11.2 Å². The molecule has 2 aromatic rings. The molecule has 0 spiro atoms. The van der Waals surface area contributed by atoms with E-state index in [0.29, 0.717) is 62.2 Å². The molecule has 190 valence electrons. The van der Waals surface area contributed by atoms with Crippen LogP contribution in [0.1, 0.15) is 17.0 Å². The van der Waals surface area contributed by atoms with Crippen molar-refractivity contribution in [1.29, 1.82) is 0 Å². The van der Waals surface area contributed by atoms with E-state index in [2.05, 4.69) is 10.6 Å². The molecule has 36 heavy (non-hydrogen) atoms. The van der Waals surface area contributed by atoms with Gasteiger partial charge in [0.15, 0.2) is 17.3 Å². The summed E-state index contributed by atoms with van der Waals surface area (Å²) in [6, 6.07) is 7.43. The quantitative estimate of drug-likeness (QED) is 0.575. The maximum atomic E-state index is 13.1. The van der Waals surface area contributed by atoms with Gasteiger partial charge in [0.2, 0.25) is 24.5 Å². The van der Waals surface area contributed by atoms with Crippen molar-refractivity contribution in [1.82, 2.24) is 20.0 Å². The summed E-state index contributed by atoms with van der Waals surface area (Å²) in [6.07, 6.45) is 1.29. The third-order valence-corrected chi connectivity index (χ3v) is 6.44. The van der Waals surface area contributed by atoms with Gasteiger partial charge >= 0.3 is 0 Å². The zero-order valence-electron chi connectivity index (χ0n) is 19.6. The second-order valence-electron chi connectivity index (χ2n) is 8.76. The van der Waals surface area contributed by atoms with Crippen LogP contribution < -0.4 is 20.1 Å². The third-order valence-electron chi connectivity index (χ3n) is 6.44. The number of hydrogen-bond acceptors (Lipinski definition) is 8. The minimum Gasteiger partial charge on any atom is -0.459 e. The van der Waals surface area contributed by atoms with E-state index >= 15 is 0 Å². The molecule has 5 rings (SSSR count). The van der Waals surface area contributed by atoms with Crippen LogP contribution in [0.2, 0.25) is 0 Å². The van der Waals surface area contributed by atoms with Crippen LogP contribution in [0, 0.1) is 0 Å². The Labute approximate surface area is 207 Å². The fraction of sp³-hybridized carbons (Fsp3) is 0.417. The van der Waals surface area contributed by atoms with Gasteiger partial charge in [0.1, 0.15) is 6.04 Å². The topological polar surface area (TPSA) is 134 Å². The Morgan fingerprint density at radius 3 is 2.61 bits per heavy atom. The molecule has 0 aliphatic carbocycles. The molecule has 0 bridgehead atoms. The van der Waals surface area contributed by atoms with Crippen LogP contribution in [0.15, 0.2) is 41.0 Å². The largest absolute Gasteiger partial charge is 0.459 e. The first-order valence-corrected chi connectivity index (χ1v) is 11.8. The number of hydrogen-bond donors (Lipinski definition) is 2. The Morgan fingerprint density at radius 1 is 1.03 bits per heavy atom. The van der Waals surface area contributed by atoms with Gasteiger partial charge in [-0.15, -0.1) is 0 Å². The van der Waals surface area contributed by atoms with Crippen LogP contribution in [0.4, 0.5) is 5.69 Å². The summed E-state index contributed by atoms with van der Waals surface area (Å²) in [5, 5.41) is 5.50. The lowest BCUT2D eigenvalue weighted by Crippen LogP contribution is -2.60. The second kappa shape index (κ2) is 10.3. The summed E-state index contributed by atoms with van der Waals surface area (Å²) in [4.78, 5) is 56.0. The molecule has 0 unspecified atom stereocenters. The second-order valence-corrected chi connectivity index (χ2v) is 8.76. The van der Waals surface area contributed by atoms with Crippen LogP contribution in [-0.4, -0.2) is 97.0 Å². The Morgan fingerprint density at radius 2 is 1.83 bits per heavy atom. The predicted octanol–water partition coefficient (Wildman–Crippen LogP) is 0.122. The lowest BCUT2D eigenvalue weighted by Gasteiger charge is -2.38. The summed E-state index contributed by atoms with van der Waals surface area (Å²) in [5.74, 6) is 0.279. The molecular weight excluding hydrogens is 470 g/mol. The molecule has 0 saturated carbocycles. The SMILES string of the molecule is O=C(C[C@@H]1C(=O)NCCN1C(=O)CN1CCN(C(=O)c2ccco2)CC1)Nc1ccc2c(c1)OCO2. The number of nitrogens with zero attached hydrogens (tertiary/aromatic N) is 3. The van der Waals surface area contributed by atoms with Crippen LogP contribution >= 0.6 is 0 Å². The van der Waals surface area contributed by atoms with E-state index in [1.807, 2.05) is 4.90 Å². The summed E-state index contributed by atoms with van der Waals surface area (Å²) >= 11 is 0. The number of ether oxygens (including phenoxy) is 2. The standard InChI is InChI=1S/C24H27N5O7/c30-21(26-16-3-4-18-20(12-16)36-15-35-18)13-17-23(32)25-5-6-29(17)22(31)14-27-7-9-28(10-8-27)24(33)19-2-1-11-34-19/h1-4,11-12,17H,5-10,13-15H2,(H,25,32)(H,26,30)/t17-/m1/s1. The predicted molar refractivity (Wildman–Crippen MR) is 125 cm³/mol. The number of amides is 4. The lowest BCUT2D eigenvalue weighted by molar-refractivity contribution is -0.145. The molecule has 1 atom stereocenters. The molecule has 3 aliphatic rings. The van der Waals surface area contributed by atoms with Crippen molar-refractivity contribution < 1.29 is 33.1 Å². The van der Waals surface area contributed by atoms with Crippen LogP contribution in [-0.2, 0) is 14.4 Å². The van der Waals surface area contributed by atoms with Gasteiger partial charge in [0.25, 0.3) is 5.91 Å². The van der Waals surface area contributed by atoms with E-state index in [-0.39, 0.29) is 37.5 Å². The molecule has 0 radical (unpaired) electrons. The highest BCUT2D eigenvalue weighted by Crippen LogP contribution is 2.34. The first kappa shape index (κ1) is 23.7. The molecule has 4 amide bonds. The zero-order chi connectivity index (χ0) is 25.1. The number of rotatable bonds is 6. The third kappa shape index (κ3) is 5.13. The number of nitrogens with one attached hydrogen (secondary N) is 2. The van der Waals surface area contributed by atoms with Gasteiger partial charge in [-0.1, -0.05) is 0 Å². The van der Waals surface area contributed by atoms with Gasteiger partial charge < -0.3 is 34.3 Å². The maximum Gasteiger partial charge on any atom is 0.289 e. The molecule has 4 heterocycles. The number of anilines is 1. The van der Waals surface area contributed by atoms with Crippen LogP contribution in [0.25, 0.3) is 0 Å². The van der Waals surface area contributed by atoms with E-state index in [1.54, 1.807) is 35.2 Å². The maximum absolute atomic E-state index is 13.1. The summed E-state index contributed by atoms with van der Waals surface area (Å²) < 4.78 is 15.8. The fourth-order valence-electron chi connectivity index (χ4n) is 4.53. The first-order valence-electron chi connectivity index (χ1n) is 11.8. The molecule has 2 fully saturated rings. The Bertz CT molecular complexity index is 1140. The minimum atomic E-state index is -0.901. The fourth-order valence-corrected chi connectivity index (χ4v) is 4.53. The molecule has 12 nitrogen and oxygen atoms in total. The van der Waals surface area contributed by atoms with Gasteiger partial charge in [-0.25, -0.2) is 0 Å². The number of carbonyl (C=O) groups is 4. The molecular formula is C24H27N5O7. The minimum absolute atomic E-state index is 0.107. The monoisotopic (exact) mass is 497 g/mol. The van der Waals surface area contributed by atoms with Crippen molar-refractivity contribution in [2.45, 2.75) is 12.5 Å². The average molecular weight is 498 g/mol. The molecule has 2 N–H and O–H groups in total. The van der Waals surface area contributed by atoms with Crippen molar-refractivity contribution in [2.75, 3.05) is 57.9 Å². The molecule has 2 saturated heterocycles. The Kier molecular flexibility index (Phi) is 6.76. The van der Waals surface area contributed by atoms with Crippen molar-refractivity contribution in [3.63, 3.8) is 0 Å². The normalized spacial score (nSPS) is 19.7.